The Morgan fingerprint density at radius 2 is 1.90 bits per heavy atom. The topological polar surface area (TPSA) is 69.6 Å². The van der Waals surface area contributed by atoms with Gasteiger partial charge in [-0.3, -0.25) is 9.79 Å². The van der Waals surface area contributed by atoms with Gasteiger partial charge >= 0.3 is 0 Å². The lowest BCUT2D eigenvalue weighted by atomic mass is 9.98. The number of halogens is 1. The normalized spacial score (nSPS) is 14.7. The van der Waals surface area contributed by atoms with Gasteiger partial charge in [-0.25, -0.2) is 4.98 Å². The molecule has 2 N–H and O–H groups in total. The largest absolute Gasteiger partial charge is 0.352 e. The van der Waals surface area contributed by atoms with Crippen molar-refractivity contribution in [3.63, 3.8) is 0 Å². The van der Waals surface area contributed by atoms with Gasteiger partial charge in [0, 0.05) is 43.0 Å². The zero-order chi connectivity index (χ0) is 20.1. The zero-order valence-corrected chi connectivity index (χ0v) is 20.6. The Morgan fingerprint density at radius 3 is 2.45 bits per heavy atom. The van der Waals surface area contributed by atoms with Gasteiger partial charge in [-0.1, -0.05) is 32.9 Å². The van der Waals surface area contributed by atoms with Gasteiger partial charge in [0.15, 0.2) is 5.96 Å². The minimum atomic E-state index is 0. The number of guanidine groups is 1. The number of nitrogens with zero attached hydrogens (tertiary/aromatic N) is 3. The van der Waals surface area contributed by atoms with Crippen molar-refractivity contribution in [3.05, 3.63) is 45.9 Å². The molecule has 6 nitrogen and oxygen atoms in total. The van der Waals surface area contributed by atoms with E-state index in [1.54, 1.807) is 18.4 Å². The summed E-state index contributed by atoms with van der Waals surface area (Å²) in [5.41, 5.74) is 3.22. The molecule has 0 radical (unpaired) electrons. The van der Waals surface area contributed by atoms with Crippen molar-refractivity contribution in [3.8, 4) is 0 Å². The summed E-state index contributed by atoms with van der Waals surface area (Å²) in [4.78, 5) is 22.7. The quantitative estimate of drug-likeness (QED) is 0.350. The molecule has 3 rings (SSSR count). The molecule has 2 heterocycles. The van der Waals surface area contributed by atoms with Crippen LogP contribution in [0.5, 0.6) is 0 Å². The van der Waals surface area contributed by atoms with E-state index >= 15 is 0 Å². The average Bonchev–Trinajstić information content (AvgIpc) is 3.31. The fourth-order valence-corrected chi connectivity index (χ4v) is 3.94. The molecular weight excluding hydrogens is 497 g/mol. The molecule has 1 aromatic carbocycles. The monoisotopic (exact) mass is 527 g/mol. The average molecular weight is 527 g/mol. The van der Waals surface area contributed by atoms with E-state index in [-0.39, 0.29) is 35.3 Å². The minimum Gasteiger partial charge on any atom is -0.352 e. The second-order valence-corrected chi connectivity index (χ2v) is 8.85. The van der Waals surface area contributed by atoms with Crippen LogP contribution in [0.4, 0.5) is 5.69 Å². The predicted molar refractivity (Wildman–Crippen MR) is 131 cm³/mol. The van der Waals surface area contributed by atoms with Gasteiger partial charge in [-0.15, -0.1) is 35.3 Å². The molecule has 0 aliphatic carbocycles. The first-order valence-corrected chi connectivity index (χ1v) is 10.5. The number of hydrogen-bond donors (Lipinski definition) is 2. The Hall–Kier alpha value is -1.68. The van der Waals surface area contributed by atoms with E-state index in [0.29, 0.717) is 19.5 Å². The molecule has 0 spiro atoms. The third-order valence-corrected chi connectivity index (χ3v) is 5.95. The number of thiazole rings is 1. The SMILES string of the molecule is CN=C(NCc1ccc(N2CCCC2=O)cc1)NCc1csc(C(C)(C)C)n1.I. The summed E-state index contributed by atoms with van der Waals surface area (Å²) < 4.78 is 0. The second kappa shape index (κ2) is 10.4. The number of hydrogen-bond acceptors (Lipinski definition) is 4. The van der Waals surface area contributed by atoms with Crippen LogP contribution in [0.3, 0.4) is 0 Å². The summed E-state index contributed by atoms with van der Waals surface area (Å²) in [6.07, 6.45) is 1.60. The van der Waals surface area contributed by atoms with Crippen LogP contribution in [-0.2, 0) is 23.3 Å². The number of rotatable bonds is 5. The standard InChI is InChI=1S/C21H29N5OS.HI/c1-21(2,3)19-25-16(14-28-19)13-24-20(22-4)23-12-15-7-9-17(10-8-15)26-11-5-6-18(26)27;/h7-10,14H,5-6,11-13H2,1-4H3,(H2,22,23,24);1H. The molecule has 0 unspecified atom stereocenters. The van der Waals surface area contributed by atoms with E-state index in [1.807, 2.05) is 17.0 Å². The lowest BCUT2D eigenvalue weighted by Crippen LogP contribution is -2.36. The van der Waals surface area contributed by atoms with E-state index in [2.05, 4.69) is 53.9 Å². The Labute approximate surface area is 194 Å². The number of carbonyl (C=O) groups is 1. The maximum atomic E-state index is 11.8. The van der Waals surface area contributed by atoms with Crippen molar-refractivity contribution in [2.24, 2.45) is 4.99 Å². The van der Waals surface area contributed by atoms with Crippen LogP contribution in [0.1, 0.15) is 49.9 Å². The van der Waals surface area contributed by atoms with Crippen molar-refractivity contribution in [1.82, 2.24) is 15.6 Å². The van der Waals surface area contributed by atoms with Crippen molar-refractivity contribution in [2.45, 2.75) is 52.1 Å². The number of carbonyl (C=O) groups excluding carboxylic acids is 1. The van der Waals surface area contributed by atoms with Crippen LogP contribution in [0.15, 0.2) is 34.6 Å². The molecule has 2 aromatic rings. The molecule has 1 aromatic heterocycles. The van der Waals surface area contributed by atoms with E-state index in [4.69, 9.17) is 4.98 Å². The highest BCUT2D eigenvalue weighted by Crippen LogP contribution is 2.25. The smallest absolute Gasteiger partial charge is 0.227 e. The number of amides is 1. The Morgan fingerprint density at radius 1 is 1.21 bits per heavy atom. The molecule has 0 saturated carbocycles. The third kappa shape index (κ3) is 6.40. The molecule has 1 amide bonds. The first-order chi connectivity index (χ1) is 13.4. The number of aromatic nitrogens is 1. The molecule has 1 saturated heterocycles. The maximum absolute atomic E-state index is 11.8. The third-order valence-electron chi connectivity index (χ3n) is 4.64. The molecule has 1 aliphatic rings. The summed E-state index contributed by atoms with van der Waals surface area (Å²) in [5.74, 6) is 0.955. The lowest BCUT2D eigenvalue weighted by molar-refractivity contribution is -0.117. The summed E-state index contributed by atoms with van der Waals surface area (Å²) in [6.45, 7) is 8.65. The number of nitrogens with one attached hydrogen (secondary N) is 2. The Kier molecular flexibility index (Phi) is 8.45. The zero-order valence-electron chi connectivity index (χ0n) is 17.5. The second-order valence-electron chi connectivity index (χ2n) is 7.99. The maximum Gasteiger partial charge on any atom is 0.227 e. The van der Waals surface area contributed by atoms with Crippen LogP contribution in [0.2, 0.25) is 0 Å². The first-order valence-electron chi connectivity index (χ1n) is 9.65. The van der Waals surface area contributed by atoms with Crippen molar-refractivity contribution >= 4 is 52.9 Å². The molecule has 1 aliphatic heterocycles. The van der Waals surface area contributed by atoms with Gasteiger partial charge in [-0.2, -0.15) is 0 Å². The van der Waals surface area contributed by atoms with Crippen molar-refractivity contribution in [2.75, 3.05) is 18.5 Å². The van der Waals surface area contributed by atoms with Crippen molar-refractivity contribution in [1.29, 1.82) is 0 Å². The molecular formula is C21H30IN5OS. The molecule has 1 fully saturated rings. The van der Waals surface area contributed by atoms with Crippen LogP contribution in [0, 0.1) is 0 Å². The van der Waals surface area contributed by atoms with Gasteiger partial charge in [0.1, 0.15) is 0 Å². The van der Waals surface area contributed by atoms with Crippen LogP contribution in [0.25, 0.3) is 0 Å². The van der Waals surface area contributed by atoms with E-state index in [0.717, 1.165) is 40.9 Å². The fraction of sp³-hybridized carbons (Fsp3) is 0.476. The molecule has 158 valence electrons. The molecule has 8 heteroatoms. The molecule has 29 heavy (non-hydrogen) atoms. The Balaban J connectivity index is 0.00000300. The van der Waals surface area contributed by atoms with Crippen LogP contribution < -0.4 is 15.5 Å². The van der Waals surface area contributed by atoms with Crippen LogP contribution in [-0.4, -0.2) is 30.4 Å². The number of benzene rings is 1. The summed E-state index contributed by atoms with van der Waals surface area (Å²) in [6, 6.07) is 8.13. The van der Waals surface area contributed by atoms with Gasteiger partial charge in [0.25, 0.3) is 0 Å². The van der Waals surface area contributed by atoms with E-state index in [1.165, 1.54) is 0 Å². The molecule has 0 atom stereocenters. The van der Waals surface area contributed by atoms with Gasteiger partial charge in [0.2, 0.25) is 5.91 Å². The minimum absolute atomic E-state index is 0. The molecule has 0 bridgehead atoms. The predicted octanol–water partition coefficient (Wildman–Crippen LogP) is 4.05. The van der Waals surface area contributed by atoms with Crippen molar-refractivity contribution < 1.29 is 4.79 Å². The summed E-state index contributed by atoms with van der Waals surface area (Å²) in [7, 11) is 1.76. The highest BCUT2D eigenvalue weighted by atomic mass is 127. The highest BCUT2D eigenvalue weighted by molar-refractivity contribution is 14.0. The fourth-order valence-electron chi connectivity index (χ4n) is 3.03. The van der Waals surface area contributed by atoms with Gasteiger partial charge in [-0.05, 0) is 24.1 Å². The number of aliphatic imine (C=N–C) groups is 1. The lowest BCUT2D eigenvalue weighted by Gasteiger charge is -2.16. The Bertz CT molecular complexity index is 842. The highest BCUT2D eigenvalue weighted by Gasteiger charge is 2.21. The van der Waals surface area contributed by atoms with E-state index in [9.17, 15) is 4.79 Å². The summed E-state index contributed by atoms with van der Waals surface area (Å²) >= 11 is 1.70. The number of anilines is 1. The van der Waals surface area contributed by atoms with E-state index < -0.39 is 0 Å². The van der Waals surface area contributed by atoms with Gasteiger partial charge < -0.3 is 15.5 Å². The van der Waals surface area contributed by atoms with Crippen LogP contribution >= 0.6 is 35.3 Å². The first kappa shape index (κ1) is 23.6. The summed E-state index contributed by atoms with van der Waals surface area (Å²) in [5, 5.41) is 9.88. The van der Waals surface area contributed by atoms with Gasteiger partial charge in [0.05, 0.1) is 17.2 Å².